The molecule has 0 radical (unpaired) electrons. The first kappa shape index (κ1) is 8.78. The van der Waals surface area contributed by atoms with E-state index in [4.69, 9.17) is 5.73 Å². The summed E-state index contributed by atoms with van der Waals surface area (Å²) in [5.74, 6) is 0. The van der Waals surface area contributed by atoms with Crippen molar-refractivity contribution in [1.82, 2.24) is 4.57 Å². The molecule has 13 heavy (non-hydrogen) atoms. The molecule has 2 nitrogen and oxygen atoms in total. The average molecular weight is 239 g/mol. The first-order valence-electron chi connectivity index (χ1n) is 4.16. The zero-order valence-electron chi connectivity index (χ0n) is 7.42. The standard InChI is InChI=1S/C10H11BrN2/c1-13-9(6-12)5-7-4-8(11)2-3-10(7)13/h2-5H,6,12H2,1H3. The zero-order chi connectivity index (χ0) is 9.42. The van der Waals surface area contributed by atoms with Gasteiger partial charge in [0.25, 0.3) is 0 Å². The van der Waals surface area contributed by atoms with Gasteiger partial charge in [-0.25, -0.2) is 0 Å². The molecule has 1 aromatic carbocycles. The van der Waals surface area contributed by atoms with Crippen molar-refractivity contribution in [1.29, 1.82) is 0 Å². The Morgan fingerprint density at radius 3 is 2.85 bits per heavy atom. The molecule has 0 amide bonds. The molecule has 1 heterocycles. The van der Waals surface area contributed by atoms with E-state index in [9.17, 15) is 0 Å². The van der Waals surface area contributed by atoms with E-state index >= 15 is 0 Å². The van der Waals surface area contributed by atoms with E-state index in [-0.39, 0.29) is 0 Å². The molecule has 1 aromatic heterocycles. The van der Waals surface area contributed by atoms with Crippen LogP contribution in [0.5, 0.6) is 0 Å². The lowest BCUT2D eigenvalue weighted by molar-refractivity contribution is 0.849. The Hall–Kier alpha value is -0.800. The summed E-state index contributed by atoms with van der Waals surface area (Å²) >= 11 is 3.45. The number of aryl methyl sites for hydroxylation is 1. The van der Waals surface area contributed by atoms with Crippen LogP contribution in [0, 0.1) is 0 Å². The van der Waals surface area contributed by atoms with Gasteiger partial charge in [-0.05, 0) is 24.3 Å². The fourth-order valence-electron chi connectivity index (χ4n) is 1.57. The Bertz CT molecular complexity index is 445. The number of rotatable bonds is 1. The molecule has 2 aromatic rings. The minimum atomic E-state index is 0.586. The fraction of sp³-hybridized carbons (Fsp3) is 0.200. The van der Waals surface area contributed by atoms with E-state index in [0.29, 0.717) is 6.54 Å². The Labute approximate surface area is 85.5 Å². The van der Waals surface area contributed by atoms with Crippen LogP contribution in [0.3, 0.4) is 0 Å². The predicted octanol–water partition coefficient (Wildman–Crippen LogP) is 2.40. The smallest absolute Gasteiger partial charge is 0.0481 e. The third-order valence-corrected chi connectivity index (χ3v) is 2.81. The van der Waals surface area contributed by atoms with Gasteiger partial charge in [0.2, 0.25) is 0 Å². The molecule has 0 saturated carbocycles. The number of aromatic nitrogens is 1. The number of nitrogens with zero attached hydrogens (tertiary/aromatic N) is 1. The number of halogens is 1. The van der Waals surface area contributed by atoms with E-state index in [0.717, 1.165) is 10.2 Å². The zero-order valence-corrected chi connectivity index (χ0v) is 9.01. The van der Waals surface area contributed by atoms with Crippen molar-refractivity contribution in [3.8, 4) is 0 Å². The SMILES string of the molecule is Cn1c(CN)cc2cc(Br)ccc21. The van der Waals surface area contributed by atoms with Crippen LogP contribution < -0.4 is 5.73 Å². The van der Waals surface area contributed by atoms with Crippen LogP contribution in [-0.2, 0) is 13.6 Å². The predicted molar refractivity (Wildman–Crippen MR) is 58.5 cm³/mol. The second-order valence-corrected chi connectivity index (χ2v) is 4.02. The summed E-state index contributed by atoms with van der Waals surface area (Å²) < 4.78 is 3.23. The van der Waals surface area contributed by atoms with E-state index in [2.05, 4.69) is 38.7 Å². The molecular weight excluding hydrogens is 228 g/mol. The maximum atomic E-state index is 5.62. The van der Waals surface area contributed by atoms with Crippen LogP contribution in [0.1, 0.15) is 5.69 Å². The number of hydrogen-bond acceptors (Lipinski definition) is 1. The Morgan fingerprint density at radius 2 is 2.15 bits per heavy atom. The highest BCUT2D eigenvalue weighted by atomic mass is 79.9. The highest BCUT2D eigenvalue weighted by molar-refractivity contribution is 9.10. The molecule has 0 atom stereocenters. The maximum absolute atomic E-state index is 5.62. The normalized spacial score (nSPS) is 11.0. The Kier molecular flexibility index (Phi) is 2.14. The van der Waals surface area contributed by atoms with Gasteiger partial charge >= 0.3 is 0 Å². The van der Waals surface area contributed by atoms with Gasteiger partial charge in [0.05, 0.1) is 0 Å². The fourth-order valence-corrected chi connectivity index (χ4v) is 1.95. The van der Waals surface area contributed by atoms with Gasteiger partial charge in [0.1, 0.15) is 0 Å². The van der Waals surface area contributed by atoms with Gasteiger partial charge in [-0.2, -0.15) is 0 Å². The minimum absolute atomic E-state index is 0.586. The summed E-state index contributed by atoms with van der Waals surface area (Å²) in [4.78, 5) is 0. The van der Waals surface area contributed by atoms with Gasteiger partial charge in [0, 0.05) is 34.7 Å². The van der Waals surface area contributed by atoms with Crippen molar-refractivity contribution >= 4 is 26.8 Å². The highest BCUT2D eigenvalue weighted by Crippen LogP contribution is 2.22. The van der Waals surface area contributed by atoms with E-state index in [1.807, 2.05) is 13.1 Å². The van der Waals surface area contributed by atoms with Crippen LogP contribution in [0.4, 0.5) is 0 Å². The monoisotopic (exact) mass is 238 g/mol. The number of fused-ring (bicyclic) bond motifs is 1. The van der Waals surface area contributed by atoms with E-state index in [1.54, 1.807) is 0 Å². The second-order valence-electron chi connectivity index (χ2n) is 3.10. The summed E-state index contributed by atoms with van der Waals surface area (Å²) in [7, 11) is 2.04. The van der Waals surface area contributed by atoms with Crippen molar-refractivity contribution in [3.63, 3.8) is 0 Å². The van der Waals surface area contributed by atoms with Crippen LogP contribution >= 0.6 is 15.9 Å². The largest absolute Gasteiger partial charge is 0.346 e. The third kappa shape index (κ3) is 1.38. The van der Waals surface area contributed by atoms with Gasteiger partial charge in [-0.3, -0.25) is 0 Å². The molecule has 0 bridgehead atoms. The number of hydrogen-bond donors (Lipinski definition) is 1. The lowest BCUT2D eigenvalue weighted by Gasteiger charge is -1.99. The Morgan fingerprint density at radius 1 is 1.38 bits per heavy atom. The van der Waals surface area contributed by atoms with Crippen LogP contribution in [0.25, 0.3) is 10.9 Å². The third-order valence-electron chi connectivity index (χ3n) is 2.31. The molecule has 3 heteroatoms. The van der Waals surface area contributed by atoms with Gasteiger partial charge in [-0.1, -0.05) is 15.9 Å². The van der Waals surface area contributed by atoms with E-state index < -0.39 is 0 Å². The van der Waals surface area contributed by atoms with Crippen molar-refractivity contribution in [2.24, 2.45) is 12.8 Å². The van der Waals surface area contributed by atoms with Crippen molar-refractivity contribution in [2.75, 3.05) is 0 Å². The molecule has 0 aliphatic rings. The van der Waals surface area contributed by atoms with Crippen molar-refractivity contribution < 1.29 is 0 Å². The van der Waals surface area contributed by atoms with Crippen LogP contribution in [-0.4, -0.2) is 4.57 Å². The molecule has 0 aliphatic heterocycles. The molecule has 2 rings (SSSR count). The highest BCUT2D eigenvalue weighted by Gasteiger charge is 2.03. The Balaban J connectivity index is 2.76. The van der Waals surface area contributed by atoms with Gasteiger partial charge < -0.3 is 10.3 Å². The molecule has 0 aliphatic carbocycles. The topological polar surface area (TPSA) is 30.9 Å². The van der Waals surface area contributed by atoms with Crippen molar-refractivity contribution in [2.45, 2.75) is 6.54 Å². The number of benzene rings is 1. The maximum Gasteiger partial charge on any atom is 0.0481 e. The quantitative estimate of drug-likeness (QED) is 0.813. The first-order valence-corrected chi connectivity index (χ1v) is 4.95. The minimum Gasteiger partial charge on any atom is -0.346 e. The molecule has 0 unspecified atom stereocenters. The molecule has 2 N–H and O–H groups in total. The molecular formula is C10H11BrN2. The molecule has 0 fully saturated rings. The first-order chi connectivity index (χ1) is 6.22. The van der Waals surface area contributed by atoms with Crippen LogP contribution in [0.2, 0.25) is 0 Å². The molecule has 0 spiro atoms. The molecule has 0 saturated heterocycles. The number of nitrogens with two attached hydrogens (primary N) is 1. The van der Waals surface area contributed by atoms with E-state index in [1.165, 1.54) is 10.9 Å². The van der Waals surface area contributed by atoms with Gasteiger partial charge in [0.15, 0.2) is 0 Å². The lowest BCUT2D eigenvalue weighted by Crippen LogP contribution is -2.02. The molecule has 68 valence electrons. The van der Waals surface area contributed by atoms with Crippen LogP contribution in [0.15, 0.2) is 28.7 Å². The summed E-state index contributed by atoms with van der Waals surface area (Å²) in [6, 6.07) is 8.37. The summed E-state index contributed by atoms with van der Waals surface area (Å²) in [5.41, 5.74) is 8.01. The lowest BCUT2D eigenvalue weighted by atomic mass is 10.2. The average Bonchev–Trinajstić information content (AvgIpc) is 2.42. The van der Waals surface area contributed by atoms with Gasteiger partial charge in [-0.15, -0.1) is 0 Å². The van der Waals surface area contributed by atoms with Crippen molar-refractivity contribution in [3.05, 3.63) is 34.4 Å². The summed E-state index contributed by atoms with van der Waals surface area (Å²) in [6.07, 6.45) is 0. The second kappa shape index (κ2) is 3.16. The summed E-state index contributed by atoms with van der Waals surface area (Å²) in [5, 5.41) is 1.23. The summed E-state index contributed by atoms with van der Waals surface area (Å²) in [6.45, 7) is 0.586.